The van der Waals surface area contributed by atoms with Gasteiger partial charge in [-0.25, -0.2) is 9.18 Å². The minimum absolute atomic E-state index is 0.105. The monoisotopic (exact) mass is 408 g/mol. The van der Waals surface area contributed by atoms with Gasteiger partial charge in [0.05, 0.1) is 5.56 Å². The predicted octanol–water partition coefficient (Wildman–Crippen LogP) is 6.84. The summed E-state index contributed by atoms with van der Waals surface area (Å²) >= 11 is 0. The van der Waals surface area contributed by atoms with E-state index < -0.39 is 11.8 Å². The Morgan fingerprint density at radius 3 is 2.43 bits per heavy atom. The lowest BCUT2D eigenvalue weighted by Crippen LogP contribution is -2.36. The van der Waals surface area contributed by atoms with Crippen molar-refractivity contribution in [2.24, 2.45) is 11.8 Å². The molecule has 0 aromatic heterocycles. The number of esters is 1. The number of fused-ring (bicyclic) bond motifs is 1. The molecular formula is C27H33FO2. The fourth-order valence-electron chi connectivity index (χ4n) is 5.17. The van der Waals surface area contributed by atoms with Crippen LogP contribution in [0, 0.1) is 17.7 Å². The Morgan fingerprint density at radius 2 is 1.77 bits per heavy atom. The Labute approximate surface area is 179 Å². The molecule has 1 saturated carbocycles. The number of ether oxygens (including phenoxy) is 1. The van der Waals surface area contributed by atoms with Crippen molar-refractivity contribution in [3.63, 3.8) is 0 Å². The first-order chi connectivity index (χ1) is 14.5. The van der Waals surface area contributed by atoms with Gasteiger partial charge in [0.15, 0.2) is 0 Å². The van der Waals surface area contributed by atoms with Crippen LogP contribution in [0.2, 0.25) is 0 Å². The second-order valence-corrected chi connectivity index (χ2v) is 9.38. The van der Waals surface area contributed by atoms with E-state index in [4.69, 9.17) is 4.74 Å². The summed E-state index contributed by atoms with van der Waals surface area (Å²) in [7, 11) is 0. The molecule has 1 heterocycles. The van der Waals surface area contributed by atoms with E-state index in [0.717, 1.165) is 42.7 Å². The van der Waals surface area contributed by atoms with Gasteiger partial charge in [0.1, 0.15) is 11.9 Å². The summed E-state index contributed by atoms with van der Waals surface area (Å²) in [5, 5.41) is 0. The van der Waals surface area contributed by atoms with Crippen LogP contribution in [0.25, 0.3) is 0 Å². The van der Waals surface area contributed by atoms with E-state index in [1.165, 1.54) is 18.4 Å². The maximum absolute atomic E-state index is 15.5. The zero-order valence-corrected chi connectivity index (χ0v) is 18.4. The Morgan fingerprint density at radius 1 is 1.07 bits per heavy atom. The van der Waals surface area contributed by atoms with Crippen molar-refractivity contribution >= 4 is 5.97 Å². The van der Waals surface area contributed by atoms with Gasteiger partial charge in [-0.15, -0.1) is 0 Å². The first kappa shape index (κ1) is 21.1. The molecule has 1 aliphatic carbocycles. The van der Waals surface area contributed by atoms with E-state index >= 15 is 4.39 Å². The standard InChI is InChI=1S/C27H33FO2/c1-4-5-19-8-12-20(13-9-19)18(3)23-15-14-22-16-24(21-10-6-17(2)7-11-21)30-27(29)25(22)26(23)28/h8-9,12-15,17-18,21,24H,4-7,10-11,16H2,1-3H3. The Balaban J connectivity index is 1.56. The first-order valence-corrected chi connectivity index (χ1v) is 11.6. The number of hydrogen-bond acceptors (Lipinski definition) is 2. The lowest BCUT2D eigenvalue weighted by molar-refractivity contribution is -0.000184. The van der Waals surface area contributed by atoms with Gasteiger partial charge in [0.25, 0.3) is 0 Å². The van der Waals surface area contributed by atoms with Crippen LogP contribution in [0.1, 0.15) is 91.4 Å². The molecule has 0 radical (unpaired) electrons. The van der Waals surface area contributed by atoms with Crippen molar-refractivity contribution < 1.29 is 13.9 Å². The molecule has 160 valence electrons. The van der Waals surface area contributed by atoms with Crippen LogP contribution in [-0.2, 0) is 17.6 Å². The van der Waals surface area contributed by atoms with Crippen LogP contribution >= 0.6 is 0 Å². The summed E-state index contributed by atoms with van der Waals surface area (Å²) < 4.78 is 21.2. The first-order valence-electron chi connectivity index (χ1n) is 11.6. The summed E-state index contributed by atoms with van der Waals surface area (Å²) in [5.41, 5.74) is 3.89. The number of carbonyl (C=O) groups is 1. The second-order valence-electron chi connectivity index (χ2n) is 9.38. The minimum atomic E-state index is -0.482. The summed E-state index contributed by atoms with van der Waals surface area (Å²) in [6.45, 7) is 6.45. The number of hydrogen-bond donors (Lipinski definition) is 0. The highest BCUT2D eigenvalue weighted by atomic mass is 19.1. The highest BCUT2D eigenvalue weighted by molar-refractivity contribution is 5.93. The summed E-state index contributed by atoms with van der Waals surface area (Å²) in [6.07, 6.45) is 7.26. The van der Waals surface area contributed by atoms with Crippen molar-refractivity contribution in [1.82, 2.24) is 0 Å². The third-order valence-electron chi connectivity index (χ3n) is 7.21. The fraction of sp³-hybridized carbons (Fsp3) is 0.519. The maximum Gasteiger partial charge on any atom is 0.341 e. The summed E-state index contributed by atoms with van der Waals surface area (Å²) in [5.74, 6) is 0.159. The van der Waals surface area contributed by atoms with Crippen molar-refractivity contribution in [3.05, 3.63) is 70.0 Å². The van der Waals surface area contributed by atoms with Gasteiger partial charge in [0.2, 0.25) is 0 Å². The van der Waals surface area contributed by atoms with Crippen LogP contribution in [0.4, 0.5) is 4.39 Å². The molecule has 4 rings (SSSR count). The Bertz CT molecular complexity index is 894. The lowest BCUT2D eigenvalue weighted by Gasteiger charge is -2.35. The molecule has 0 saturated heterocycles. The maximum atomic E-state index is 15.5. The Hall–Kier alpha value is -2.16. The number of carbonyl (C=O) groups excluding carboxylic acids is 1. The molecule has 30 heavy (non-hydrogen) atoms. The molecule has 0 spiro atoms. The number of halogens is 1. The second kappa shape index (κ2) is 8.91. The van der Waals surface area contributed by atoms with E-state index in [1.807, 2.05) is 19.1 Å². The SMILES string of the molecule is CCCc1ccc(C(C)c2ccc3c(c2F)C(=O)OC(C2CCC(C)CC2)C3)cc1. The van der Waals surface area contributed by atoms with Crippen molar-refractivity contribution in [3.8, 4) is 0 Å². The van der Waals surface area contributed by atoms with Gasteiger partial charge < -0.3 is 4.74 Å². The van der Waals surface area contributed by atoms with E-state index in [-0.39, 0.29) is 17.6 Å². The van der Waals surface area contributed by atoms with Crippen LogP contribution in [0.3, 0.4) is 0 Å². The zero-order valence-electron chi connectivity index (χ0n) is 18.4. The molecule has 2 nitrogen and oxygen atoms in total. The number of aryl methyl sites for hydroxylation is 1. The molecule has 2 unspecified atom stereocenters. The number of cyclic esters (lactones) is 1. The molecule has 2 atom stereocenters. The molecule has 0 amide bonds. The van der Waals surface area contributed by atoms with Crippen LogP contribution < -0.4 is 0 Å². The van der Waals surface area contributed by atoms with E-state index in [1.54, 1.807) is 0 Å². The largest absolute Gasteiger partial charge is 0.458 e. The summed E-state index contributed by atoms with van der Waals surface area (Å²) in [4.78, 5) is 12.8. The van der Waals surface area contributed by atoms with Gasteiger partial charge in [-0.05, 0) is 53.4 Å². The Kier molecular flexibility index (Phi) is 6.26. The molecule has 2 aromatic carbocycles. The van der Waals surface area contributed by atoms with Crippen molar-refractivity contribution in [1.29, 1.82) is 0 Å². The molecule has 3 heteroatoms. The highest BCUT2D eigenvalue weighted by Gasteiger charge is 2.36. The van der Waals surface area contributed by atoms with Gasteiger partial charge >= 0.3 is 5.97 Å². The lowest BCUT2D eigenvalue weighted by atomic mass is 9.77. The highest BCUT2D eigenvalue weighted by Crippen LogP contribution is 2.37. The molecule has 0 bridgehead atoms. The number of benzene rings is 2. The van der Waals surface area contributed by atoms with Crippen molar-refractivity contribution in [2.45, 2.75) is 77.7 Å². The average molecular weight is 409 g/mol. The van der Waals surface area contributed by atoms with Gasteiger partial charge in [-0.3, -0.25) is 0 Å². The smallest absolute Gasteiger partial charge is 0.341 e. The zero-order chi connectivity index (χ0) is 21.3. The molecule has 1 aliphatic heterocycles. The predicted molar refractivity (Wildman–Crippen MR) is 118 cm³/mol. The minimum Gasteiger partial charge on any atom is -0.458 e. The van der Waals surface area contributed by atoms with Crippen LogP contribution in [0.5, 0.6) is 0 Å². The van der Waals surface area contributed by atoms with E-state index in [9.17, 15) is 4.79 Å². The third-order valence-corrected chi connectivity index (χ3v) is 7.21. The van der Waals surface area contributed by atoms with E-state index in [0.29, 0.717) is 17.9 Å². The molecule has 2 aliphatic rings. The van der Waals surface area contributed by atoms with Gasteiger partial charge in [0, 0.05) is 12.3 Å². The molecule has 1 fully saturated rings. The number of rotatable bonds is 5. The fourth-order valence-corrected chi connectivity index (χ4v) is 5.17. The molecular weight excluding hydrogens is 375 g/mol. The normalized spacial score (nSPS) is 24.8. The topological polar surface area (TPSA) is 26.3 Å². The third kappa shape index (κ3) is 4.17. The van der Waals surface area contributed by atoms with Gasteiger partial charge in [-0.1, -0.05) is 76.4 Å². The van der Waals surface area contributed by atoms with Gasteiger partial charge in [-0.2, -0.15) is 0 Å². The molecule has 2 aromatic rings. The van der Waals surface area contributed by atoms with Crippen LogP contribution in [0.15, 0.2) is 36.4 Å². The average Bonchev–Trinajstić information content (AvgIpc) is 2.74. The van der Waals surface area contributed by atoms with Crippen molar-refractivity contribution in [2.75, 3.05) is 0 Å². The summed E-state index contributed by atoms with van der Waals surface area (Å²) in [6, 6.07) is 12.2. The van der Waals surface area contributed by atoms with Crippen LogP contribution in [-0.4, -0.2) is 12.1 Å². The quantitative estimate of drug-likeness (QED) is 0.506. The molecule has 0 N–H and O–H groups in total. The van der Waals surface area contributed by atoms with E-state index in [2.05, 4.69) is 38.1 Å².